The highest BCUT2D eigenvalue weighted by molar-refractivity contribution is 6.16. The molecule has 7 aromatic rings. The zero-order chi connectivity index (χ0) is 24.0. The number of hydrogen-bond acceptors (Lipinski definition) is 2. The molecule has 3 nitrogen and oxygen atoms in total. The van der Waals surface area contributed by atoms with E-state index < -0.39 is 0 Å². The van der Waals surface area contributed by atoms with Crippen molar-refractivity contribution in [2.75, 3.05) is 0 Å². The standard InChI is InChI=1S/C33H23N3/c1-33(2)26-12-6-4-11-23(26)31-24-18-25-22-10-5-8-14-29(22)36(30(25)17-20(24)15-16-27(31)33)32-34-19-21-9-3-7-13-28(21)35-32/h3-19H,1-2H3. The lowest BCUT2D eigenvalue weighted by Gasteiger charge is -2.21. The van der Waals surface area contributed by atoms with Crippen molar-refractivity contribution in [3.63, 3.8) is 0 Å². The Kier molecular flexibility index (Phi) is 3.73. The van der Waals surface area contributed by atoms with E-state index >= 15 is 0 Å². The predicted octanol–water partition coefficient (Wildman–Crippen LogP) is 8.19. The fourth-order valence-corrected chi connectivity index (χ4v) is 6.28. The minimum atomic E-state index is -0.0119. The van der Waals surface area contributed by atoms with E-state index in [9.17, 15) is 0 Å². The van der Waals surface area contributed by atoms with E-state index in [1.165, 1.54) is 43.8 Å². The van der Waals surface area contributed by atoms with Gasteiger partial charge in [-0.3, -0.25) is 4.57 Å². The summed E-state index contributed by atoms with van der Waals surface area (Å²) >= 11 is 0. The van der Waals surface area contributed by atoms with Crippen LogP contribution in [0, 0.1) is 0 Å². The van der Waals surface area contributed by atoms with Crippen LogP contribution in [0.4, 0.5) is 0 Å². The van der Waals surface area contributed by atoms with Crippen LogP contribution >= 0.6 is 0 Å². The number of aromatic nitrogens is 3. The van der Waals surface area contributed by atoms with Gasteiger partial charge in [-0.05, 0) is 57.3 Å². The molecule has 0 unspecified atom stereocenters. The van der Waals surface area contributed by atoms with Gasteiger partial charge in [0, 0.05) is 27.8 Å². The van der Waals surface area contributed by atoms with Gasteiger partial charge in [0.05, 0.1) is 16.6 Å². The normalized spacial score (nSPS) is 14.1. The summed E-state index contributed by atoms with van der Waals surface area (Å²) in [6, 6.07) is 34.9. The van der Waals surface area contributed by atoms with E-state index in [0.717, 1.165) is 21.9 Å². The van der Waals surface area contributed by atoms with Gasteiger partial charge >= 0.3 is 0 Å². The first-order valence-electron chi connectivity index (χ1n) is 12.4. The lowest BCUT2D eigenvalue weighted by molar-refractivity contribution is 0.661. The Balaban J connectivity index is 1.50. The van der Waals surface area contributed by atoms with E-state index in [4.69, 9.17) is 9.97 Å². The maximum Gasteiger partial charge on any atom is 0.235 e. The summed E-state index contributed by atoms with van der Waals surface area (Å²) in [6.45, 7) is 4.68. The first-order valence-corrected chi connectivity index (χ1v) is 12.4. The van der Waals surface area contributed by atoms with Gasteiger partial charge in [-0.2, -0.15) is 0 Å². The van der Waals surface area contributed by atoms with Gasteiger partial charge in [0.25, 0.3) is 0 Å². The maximum absolute atomic E-state index is 4.96. The maximum atomic E-state index is 4.96. The molecule has 8 rings (SSSR count). The van der Waals surface area contributed by atoms with Gasteiger partial charge in [-0.25, -0.2) is 9.97 Å². The highest BCUT2D eigenvalue weighted by atomic mass is 15.2. The number of para-hydroxylation sites is 2. The summed E-state index contributed by atoms with van der Waals surface area (Å²) in [6.07, 6.45) is 1.92. The van der Waals surface area contributed by atoms with Crippen molar-refractivity contribution in [2.45, 2.75) is 19.3 Å². The molecule has 0 radical (unpaired) electrons. The molecule has 1 aliphatic rings. The van der Waals surface area contributed by atoms with E-state index in [0.29, 0.717) is 5.95 Å². The second kappa shape index (κ2) is 6.79. The Labute approximate surface area is 208 Å². The third-order valence-electron chi connectivity index (χ3n) is 8.03. The zero-order valence-electron chi connectivity index (χ0n) is 20.2. The van der Waals surface area contributed by atoms with Crippen LogP contribution < -0.4 is 0 Å². The average molecular weight is 462 g/mol. The van der Waals surface area contributed by atoms with E-state index in [-0.39, 0.29) is 5.41 Å². The smallest absolute Gasteiger partial charge is 0.235 e. The molecule has 36 heavy (non-hydrogen) atoms. The monoisotopic (exact) mass is 461 g/mol. The van der Waals surface area contributed by atoms with Crippen LogP contribution in [0.5, 0.6) is 0 Å². The zero-order valence-corrected chi connectivity index (χ0v) is 20.2. The molecule has 0 aliphatic heterocycles. The molecule has 1 aliphatic carbocycles. The summed E-state index contributed by atoms with van der Waals surface area (Å²) in [7, 11) is 0. The highest BCUT2D eigenvalue weighted by Crippen LogP contribution is 2.51. The summed E-state index contributed by atoms with van der Waals surface area (Å²) in [4.78, 5) is 9.74. The van der Waals surface area contributed by atoms with Crippen LogP contribution in [0.25, 0.3) is 60.6 Å². The molecule has 3 heteroatoms. The van der Waals surface area contributed by atoms with E-state index in [1.54, 1.807) is 0 Å². The molecule has 5 aromatic carbocycles. The predicted molar refractivity (Wildman–Crippen MR) is 149 cm³/mol. The number of hydrogen-bond donors (Lipinski definition) is 0. The fraction of sp³-hybridized carbons (Fsp3) is 0.0909. The summed E-state index contributed by atoms with van der Waals surface area (Å²) in [5.74, 6) is 0.701. The Morgan fingerprint density at radius 3 is 2.39 bits per heavy atom. The highest BCUT2D eigenvalue weighted by Gasteiger charge is 2.36. The van der Waals surface area contributed by atoms with Crippen LogP contribution in [0.1, 0.15) is 25.0 Å². The van der Waals surface area contributed by atoms with Crippen molar-refractivity contribution >= 4 is 43.5 Å². The molecule has 0 bridgehead atoms. The van der Waals surface area contributed by atoms with E-state index in [1.807, 2.05) is 24.4 Å². The Morgan fingerprint density at radius 1 is 0.639 bits per heavy atom. The molecule has 0 saturated carbocycles. The number of nitrogens with zero attached hydrogens (tertiary/aromatic N) is 3. The average Bonchev–Trinajstić information content (AvgIpc) is 3.36. The molecular weight excluding hydrogens is 438 g/mol. The van der Waals surface area contributed by atoms with Crippen LogP contribution in [0.3, 0.4) is 0 Å². The first-order chi connectivity index (χ1) is 17.6. The SMILES string of the molecule is CC1(C)c2ccccc2-c2c1ccc1cc3c(cc21)c1ccccc1n3-c1ncc2ccccc2n1. The van der Waals surface area contributed by atoms with Crippen LogP contribution in [0.15, 0.2) is 103 Å². The molecule has 2 aromatic heterocycles. The van der Waals surface area contributed by atoms with Crippen molar-refractivity contribution in [2.24, 2.45) is 0 Å². The second-order valence-electron chi connectivity index (χ2n) is 10.3. The number of benzene rings is 5. The minimum Gasteiger partial charge on any atom is -0.278 e. The fourth-order valence-electron chi connectivity index (χ4n) is 6.28. The summed E-state index contributed by atoms with van der Waals surface area (Å²) in [5.41, 5.74) is 8.71. The van der Waals surface area contributed by atoms with Crippen molar-refractivity contribution < 1.29 is 0 Å². The Bertz CT molecular complexity index is 2030. The van der Waals surface area contributed by atoms with Crippen molar-refractivity contribution in [3.05, 3.63) is 114 Å². The molecule has 170 valence electrons. The van der Waals surface area contributed by atoms with Crippen molar-refractivity contribution in [1.82, 2.24) is 14.5 Å². The van der Waals surface area contributed by atoms with Crippen molar-refractivity contribution in [1.29, 1.82) is 0 Å². The number of rotatable bonds is 1. The molecule has 0 amide bonds. The third kappa shape index (κ3) is 2.47. The quantitative estimate of drug-likeness (QED) is 0.247. The third-order valence-corrected chi connectivity index (χ3v) is 8.03. The topological polar surface area (TPSA) is 30.7 Å². The molecule has 0 spiro atoms. The van der Waals surface area contributed by atoms with Crippen molar-refractivity contribution in [3.8, 4) is 17.1 Å². The molecule has 0 N–H and O–H groups in total. The molecular formula is C33H23N3. The van der Waals surface area contributed by atoms with Crippen LogP contribution in [0.2, 0.25) is 0 Å². The van der Waals surface area contributed by atoms with Crippen LogP contribution in [-0.2, 0) is 5.41 Å². The van der Waals surface area contributed by atoms with Gasteiger partial charge < -0.3 is 0 Å². The largest absolute Gasteiger partial charge is 0.278 e. The van der Waals surface area contributed by atoms with Crippen LogP contribution in [-0.4, -0.2) is 14.5 Å². The van der Waals surface area contributed by atoms with Gasteiger partial charge in [0.15, 0.2) is 0 Å². The minimum absolute atomic E-state index is 0.0119. The van der Waals surface area contributed by atoms with E-state index in [2.05, 4.69) is 97.3 Å². The number of fused-ring (bicyclic) bond motifs is 9. The first kappa shape index (κ1) is 19.8. The molecule has 0 saturated heterocycles. The summed E-state index contributed by atoms with van der Waals surface area (Å²) < 4.78 is 2.21. The van der Waals surface area contributed by atoms with Gasteiger partial charge in [-0.1, -0.05) is 86.6 Å². The lowest BCUT2D eigenvalue weighted by Crippen LogP contribution is -2.14. The Morgan fingerprint density at radius 2 is 1.44 bits per heavy atom. The Hall–Kier alpha value is -4.50. The molecule has 2 heterocycles. The molecule has 0 atom stereocenters. The van der Waals surface area contributed by atoms with Gasteiger partial charge in [0.1, 0.15) is 0 Å². The lowest BCUT2D eigenvalue weighted by atomic mass is 9.82. The molecule has 0 fully saturated rings. The second-order valence-corrected chi connectivity index (χ2v) is 10.3. The van der Waals surface area contributed by atoms with Gasteiger partial charge in [0.2, 0.25) is 5.95 Å². The van der Waals surface area contributed by atoms with Gasteiger partial charge in [-0.15, -0.1) is 0 Å². The summed E-state index contributed by atoms with van der Waals surface area (Å²) in [5, 5.41) is 6.03.